The van der Waals surface area contributed by atoms with Crippen LogP contribution in [0.3, 0.4) is 0 Å². The van der Waals surface area contributed by atoms with E-state index in [0.29, 0.717) is 24.7 Å². The molecule has 2 aliphatic heterocycles. The smallest absolute Gasteiger partial charge is 0.255 e. The highest BCUT2D eigenvalue weighted by atomic mass is 19.1. The van der Waals surface area contributed by atoms with E-state index in [1.165, 1.54) is 31.4 Å². The van der Waals surface area contributed by atoms with Crippen LogP contribution in [0.15, 0.2) is 42.6 Å². The molecule has 0 aliphatic carbocycles. The number of carbonyl (C=O) groups is 1. The van der Waals surface area contributed by atoms with Gasteiger partial charge >= 0.3 is 0 Å². The van der Waals surface area contributed by atoms with Crippen molar-refractivity contribution in [2.24, 2.45) is 0 Å². The first-order valence-electron chi connectivity index (χ1n) is 10.7. The zero-order valence-electron chi connectivity index (χ0n) is 17.1. The summed E-state index contributed by atoms with van der Waals surface area (Å²) in [6.45, 7) is 6.07. The Bertz CT molecular complexity index is 816. The number of halogens is 1. The number of hydrogen-bond donors (Lipinski definition) is 0. The molecule has 0 radical (unpaired) electrons. The van der Waals surface area contributed by atoms with Crippen molar-refractivity contribution in [2.45, 2.75) is 38.6 Å². The molecule has 2 fully saturated rings. The van der Waals surface area contributed by atoms with Crippen molar-refractivity contribution in [3.63, 3.8) is 0 Å². The van der Waals surface area contributed by atoms with E-state index in [2.05, 4.69) is 21.7 Å². The molecular weight excluding hydrogens is 367 g/mol. The van der Waals surface area contributed by atoms with E-state index in [1.54, 1.807) is 18.3 Å². The van der Waals surface area contributed by atoms with E-state index >= 15 is 0 Å². The van der Waals surface area contributed by atoms with E-state index in [4.69, 9.17) is 0 Å². The molecule has 1 aromatic carbocycles. The van der Waals surface area contributed by atoms with Gasteiger partial charge in [0.2, 0.25) is 0 Å². The fraction of sp³-hybridized carbons (Fsp3) is 0.478. The Balaban J connectivity index is 1.37. The molecular formula is C23H29FN4O. The molecule has 0 saturated carbocycles. The molecule has 0 bridgehead atoms. The van der Waals surface area contributed by atoms with Gasteiger partial charge in [0.1, 0.15) is 11.6 Å². The van der Waals surface area contributed by atoms with Gasteiger partial charge < -0.3 is 14.7 Å². The Morgan fingerprint density at radius 2 is 1.79 bits per heavy atom. The Kier molecular flexibility index (Phi) is 5.97. The van der Waals surface area contributed by atoms with Crippen molar-refractivity contribution < 1.29 is 9.18 Å². The van der Waals surface area contributed by atoms with Crippen molar-refractivity contribution in [2.75, 3.05) is 42.5 Å². The van der Waals surface area contributed by atoms with E-state index in [-0.39, 0.29) is 11.7 Å². The summed E-state index contributed by atoms with van der Waals surface area (Å²) < 4.78 is 13.1. The standard InChI is InChI=1S/C23H29FN4O/c1-2-20-5-3-4-12-28(20)22-11-6-18(17-25-22)23(29)27-15-13-26(14-16-27)21-9-7-19(24)8-10-21/h6-11,17,20H,2-5,12-16H2,1H3. The van der Waals surface area contributed by atoms with Crippen molar-refractivity contribution in [1.82, 2.24) is 9.88 Å². The van der Waals surface area contributed by atoms with Crippen LogP contribution in [0.4, 0.5) is 15.9 Å². The van der Waals surface area contributed by atoms with Crippen LogP contribution in [0.5, 0.6) is 0 Å². The van der Waals surface area contributed by atoms with E-state index < -0.39 is 0 Å². The largest absolute Gasteiger partial charge is 0.368 e. The van der Waals surface area contributed by atoms with Crippen molar-refractivity contribution in [1.29, 1.82) is 0 Å². The SMILES string of the molecule is CCC1CCCCN1c1ccc(C(=O)N2CCN(c3ccc(F)cc3)CC2)cn1. The van der Waals surface area contributed by atoms with E-state index in [1.807, 2.05) is 17.0 Å². The summed E-state index contributed by atoms with van der Waals surface area (Å²) in [6, 6.07) is 11.0. The molecule has 2 aliphatic rings. The predicted octanol–water partition coefficient (Wildman–Crippen LogP) is 3.95. The summed E-state index contributed by atoms with van der Waals surface area (Å²) >= 11 is 0. The summed E-state index contributed by atoms with van der Waals surface area (Å²) in [4.78, 5) is 24.0. The average Bonchev–Trinajstić information content (AvgIpc) is 2.79. The van der Waals surface area contributed by atoms with Gasteiger partial charge in [-0.05, 0) is 62.1 Å². The Hall–Kier alpha value is -2.63. The van der Waals surface area contributed by atoms with Gasteiger partial charge in [-0.15, -0.1) is 0 Å². The number of piperazine rings is 1. The molecule has 1 atom stereocenters. The molecule has 2 saturated heterocycles. The number of nitrogens with zero attached hydrogens (tertiary/aromatic N) is 4. The summed E-state index contributed by atoms with van der Waals surface area (Å²) in [5.41, 5.74) is 1.64. The number of benzene rings is 1. The number of carbonyl (C=O) groups excluding carboxylic acids is 1. The van der Waals surface area contributed by atoms with Gasteiger partial charge in [-0.2, -0.15) is 0 Å². The molecule has 2 aromatic rings. The third kappa shape index (κ3) is 4.36. The third-order valence-electron chi connectivity index (χ3n) is 6.15. The second kappa shape index (κ2) is 8.80. The topological polar surface area (TPSA) is 39.7 Å². The minimum atomic E-state index is -0.228. The fourth-order valence-electron chi connectivity index (χ4n) is 4.41. The first kappa shape index (κ1) is 19.7. The van der Waals surface area contributed by atoms with Crippen molar-refractivity contribution in [3.05, 3.63) is 54.0 Å². The zero-order valence-corrected chi connectivity index (χ0v) is 17.1. The fourth-order valence-corrected chi connectivity index (χ4v) is 4.41. The van der Waals surface area contributed by atoms with E-state index in [9.17, 15) is 9.18 Å². The number of hydrogen-bond acceptors (Lipinski definition) is 4. The lowest BCUT2D eigenvalue weighted by molar-refractivity contribution is 0.0746. The lowest BCUT2D eigenvalue weighted by Gasteiger charge is -2.37. The molecule has 1 amide bonds. The van der Waals surface area contributed by atoms with Crippen LogP contribution >= 0.6 is 0 Å². The predicted molar refractivity (Wildman–Crippen MR) is 114 cm³/mol. The molecule has 3 heterocycles. The van der Waals surface area contributed by atoms with Gasteiger partial charge in [0.05, 0.1) is 5.56 Å². The number of piperidine rings is 1. The highest BCUT2D eigenvalue weighted by Gasteiger charge is 2.24. The number of anilines is 2. The van der Waals surface area contributed by atoms with Crippen LogP contribution in [-0.4, -0.2) is 54.6 Å². The van der Waals surface area contributed by atoms with Gasteiger partial charge in [-0.25, -0.2) is 9.37 Å². The zero-order chi connectivity index (χ0) is 20.2. The maximum Gasteiger partial charge on any atom is 0.255 e. The lowest BCUT2D eigenvalue weighted by atomic mass is 10.00. The Labute approximate surface area is 172 Å². The normalized spacial score (nSPS) is 20.1. The third-order valence-corrected chi connectivity index (χ3v) is 6.15. The quantitative estimate of drug-likeness (QED) is 0.785. The maximum absolute atomic E-state index is 13.1. The first-order chi connectivity index (χ1) is 14.2. The van der Waals surface area contributed by atoms with Crippen LogP contribution in [0.1, 0.15) is 43.0 Å². The van der Waals surface area contributed by atoms with Crippen LogP contribution in [0.25, 0.3) is 0 Å². The molecule has 5 nitrogen and oxygen atoms in total. The summed E-state index contributed by atoms with van der Waals surface area (Å²) in [5.74, 6) is 0.788. The van der Waals surface area contributed by atoms with Crippen molar-refractivity contribution >= 4 is 17.4 Å². The number of rotatable bonds is 4. The highest BCUT2D eigenvalue weighted by Crippen LogP contribution is 2.25. The molecule has 0 N–H and O–H groups in total. The molecule has 4 rings (SSSR count). The van der Waals surface area contributed by atoms with Gasteiger partial charge in [0, 0.05) is 50.6 Å². The molecule has 0 spiro atoms. The Morgan fingerprint density at radius 1 is 1.03 bits per heavy atom. The van der Waals surface area contributed by atoms with Crippen LogP contribution < -0.4 is 9.80 Å². The maximum atomic E-state index is 13.1. The average molecular weight is 397 g/mol. The minimum Gasteiger partial charge on any atom is -0.368 e. The minimum absolute atomic E-state index is 0.0356. The van der Waals surface area contributed by atoms with Gasteiger partial charge in [0.15, 0.2) is 0 Å². The van der Waals surface area contributed by atoms with Gasteiger partial charge in [0.25, 0.3) is 5.91 Å². The molecule has 1 aromatic heterocycles. The number of amides is 1. The second-order valence-corrected chi connectivity index (χ2v) is 7.91. The second-order valence-electron chi connectivity index (χ2n) is 7.91. The monoisotopic (exact) mass is 396 g/mol. The highest BCUT2D eigenvalue weighted by molar-refractivity contribution is 5.94. The number of aromatic nitrogens is 1. The first-order valence-corrected chi connectivity index (χ1v) is 10.7. The van der Waals surface area contributed by atoms with E-state index in [0.717, 1.165) is 37.6 Å². The summed E-state index contributed by atoms with van der Waals surface area (Å²) in [5, 5.41) is 0. The lowest BCUT2D eigenvalue weighted by Crippen LogP contribution is -2.48. The van der Waals surface area contributed by atoms with Crippen LogP contribution in [0.2, 0.25) is 0 Å². The molecule has 6 heteroatoms. The molecule has 154 valence electrons. The molecule has 29 heavy (non-hydrogen) atoms. The van der Waals surface area contributed by atoms with Gasteiger partial charge in [-0.1, -0.05) is 6.92 Å². The summed E-state index contributed by atoms with van der Waals surface area (Å²) in [6.07, 6.45) is 6.57. The van der Waals surface area contributed by atoms with Crippen molar-refractivity contribution in [3.8, 4) is 0 Å². The number of pyridine rings is 1. The summed E-state index contributed by atoms with van der Waals surface area (Å²) in [7, 11) is 0. The van der Waals surface area contributed by atoms with Crippen LogP contribution in [-0.2, 0) is 0 Å². The molecule has 1 unspecified atom stereocenters. The van der Waals surface area contributed by atoms with Gasteiger partial charge in [-0.3, -0.25) is 4.79 Å². The Morgan fingerprint density at radius 3 is 2.45 bits per heavy atom. The van der Waals surface area contributed by atoms with Crippen LogP contribution in [0, 0.1) is 5.82 Å².